The van der Waals surface area contributed by atoms with Gasteiger partial charge in [-0.1, -0.05) is 19.1 Å². The molecule has 2 atom stereocenters. The Bertz CT molecular complexity index is 198. The van der Waals surface area contributed by atoms with Crippen molar-refractivity contribution in [2.75, 3.05) is 26.2 Å². The minimum absolute atomic E-state index is 0.772. The molecule has 0 aliphatic carbocycles. The lowest BCUT2D eigenvalue weighted by atomic mass is 9.94. The molecule has 14 heavy (non-hydrogen) atoms. The van der Waals surface area contributed by atoms with E-state index in [2.05, 4.69) is 23.7 Å². The van der Waals surface area contributed by atoms with Crippen LogP contribution in [0.1, 0.15) is 26.2 Å². The Balaban J connectivity index is 1.83. The van der Waals surface area contributed by atoms with Crippen LogP contribution in [0.5, 0.6) is 0 Å². The van der Waals surface area contributed by atoms with Crippen LogP contribution in [0.15, 0.2) is 12.2 Å². The molecule has 0 radical (unpaired) electrons. The lowest BCUT2D eigenvalue weighted by Gasteiger charge is -2.24. The van der Waals surface area contributed by atoms with Gasteiger partial charge < -0.3 is 5.32 Å². The zero-order valence-corrected chi connectivity index (χ0v) is 9.26. The minimum atomic E-state index is 0.772. The molecule has 2 heteroatoms. The zero-order chi connectivity index (χ0) is 9.97. The van der Waals surface area contributed by atoms with Crippen molar-refractivity contribution in [1.29, 1.82) is 0 Å². The van der Waals surface area contributed by atoms with Crippen LogP contribution in [-0.4, -0.2) is 37.1 Å². The van der Waals surface area contributed by atoms with Gasteiger partial charge in [0.25, 0.3) is 0 Å². The Hall–Kier alpha value is -0.340. The molecule has 0 aromatic carbocycles. The molecule has 0 aromatic heterocycles. The minimum Gasteiger partial charge on any atom is -0.312 e. The SMILES string of the molecule is C=C(CC)CN1CC2CCCNC2C1. The Labute approximate surface area is 87.4 Å². The second-order valence-corrected chi connectivity index (χ2v) is 4.76. The van der Waals surface area contributed by atoms with E-state index in [-0.39, 0.29) is 0 Å². The van der Waals surface area contributed by atoms with E-state index >= 15 is 0 Å². The molecular weight excluding hydrogens is 172 g/mol. The molecular formula is C12H22N2. The number of piperidine rings is 1. The third kappa shape index (κ3) is 2.18. The maximum atomic E-state index is 4.09. The molecule has 0 saturated carbocycles. The van der Waals surface area contributed by atoms with E-state index in [1.54, 1.807) is 0 Å². The van der Waals surface area contributed by atoms with Gasteiger partial charge in [-0.15, -0.1) is 0 Å². The van der Waals surface area contributed by atoms with Gasteiger partial charge >= 0.3 is 0 Å². The first kappa shape index (κ1) is 10.2. The Morgan fingerprint density at radius 2 is 2.36 bits per heavy atom. The van der Waals surface area contributed by atoms with Crippen LogP contribution in [0.25, 0.3) is 0 Å². The Morgan fingerprint density at radius 1 is 1.50 bits per heavy atom. The molecule has 0 amide bonds. The first-order chi connectivity index (χ1) is 6.79. The van der Waals surface area contributed by atoms with Gasteiger partial charge in [0, 0.05) is 25.7 Å². The topological polar surface area (TPSA) is 15.3 Å². The van der Waals surface area contributed by atoms with E-state index in [0.717, 1.165) is 24.9 Å². The molecule has 0 aromatic rings. The van der Waals surface area contributed by atoms with E-state index in [1.165, 1.54) is 38.0 Å². The van der Waals surface area contributed by atoms with Gasteiger partial charge in [-0.05, 0) is 31.7 Å². The van der Waals surface area contributed by atoms with Crippen LogP contribution in [0, 0.1) is 5.92 Å². The lowest BCUT2D eigenvalue weighted by Crippen LogP contribution is -2.40. The lowest BCUT2D eigenvalue weighted by molar-refractivity contribution is 0.333. The largest absolute Gasteiger partial charge is 0.312 e. The number of nitrogens with zero attached hydrogens (tertiary/aromatic N) is 1. The Morgan fingerprint density at radius 3 is 3.07 bits per heavy atom. The molecule has 2 fully saturated rings. The van der Waals surface area contributed by atoms with Crippen LogP contribution >= 0.6 is 0 Å². The Kier molecular flexibility index (Phi) is 3.24. The highest BCUT2D eigenvalue weighted by atomic mass is 15.2. The summed E-state index contributed by atoms with van der Waals surface area (Å²) in [5.41, 5.74) is 1.38. The summed E-state index contributed by atoms with van der Waals surface area (Å²) in [5, 5.41) is 3.63. The van der Waals surface area contributed by atoms with Crippen molar-refractivity contribution in [3.63, 3.8) is 0 Å². The molecule has 1 N–H and O–H groups in total. The number of rotatable bonds is 3. The van der Waals surface area contributed by atoms with Crippen molar-refractivity contribution in [2.45, 2.75) is 32.2 Å². The number of fused-ring (bicyclic) bond motifs is 1. The number of likely N-dealkylation sites (tertiary alicyclic amines) is 1. The average Bonchev–Trinajstić information content (AvgIpc) is 2.59. The van der Waals surface area contributed by atoms with Crippen molar-refractivity contribution in [3.05, 3.63) is 12.2 Å². The highest BCUT2D eigenvalue weighted by Crippen LogP contribution is 2.25. The normalized spacial score (nSPS) is 32.9. The van der Waals surface area contributed by atoms with E-state index in [1.807, 2.05) is 0 Å². The fraction of sp³-hybridized carbons (Fsp3) is 0.833. The van der Waals surface area contributed by atoms with Gasteiger partial charge in [0.1, 0.15) is 0 Å². The molecule has 2 unspecified atom stereocenters. The van der Waals surface area contributed by atoms with E-state index < -0.39 is 0 Å². The fourth-order valence-corrected chi connectivity index (χ4v) is 2.69. The first-order valence-electron chi connectivity index (χ1n) is 5.92. The molecule has 0 bridgehead atoms. The number of hydrogen-bond acceptors (Lipinski definition) is 2. The van der Waals surface area contributed by atoms with Gasteiger partial charge in [-0.3, -0.25) is 4.90 Å². The molecule has 2 rings (SSSR count). The standard InChI is InChI=1S/C12H22N2/c1-3-10(2)7-14-8-11-5-4-6-13-12(11)9-14/h11-13H,2-9H2,1H3. The van der Waals surface area contributed by atoms with Gasteiger partial charge in [0.15, 0.2) is 0 Å². The molecule has 2 saturated heterocycles. The third-order valence-electron chi connectivity index (χ3n) is 3.62. The highest BCUT2D eigenvalue weighted by Gasteiger charge is 2.33. The summed E-state index contributed by atoms with van der Waals surface area (Å²) in [7, 11) is 0. The maximum Gasteiger partial charge on any atom is 0.0235 e. The summed E-state index contributed by atoms with van der Waals surface area (Å²) in [6, 6.07) is 0.772. The van der Waals surface area contributed by atoms with Gasteiger partial charge in [0.05, 0.1) is 0 Å². The summed E-state index contributed by atoms with van der Waals surface area (Å²) < 4.78 is 0. The van der Waals surface area contributed by atoms with Crippen molar-refractivity contribution >= 4 is 0 Å². The van der Waals surface area contributed by atoms with E-state index in [0.29, 0.717) is 0 Å². The predicted molar refractivity (Wildman–Crippen MR) is 60.4 cm³/mol. The molecule has 2 aliphatic rings. The molecule has 2 heterocycles. The van der Waals surface area contributed by atoms with Crippen LogP contribution < -0.4 is 5.32 Å². The van der Waals surface area contributed by atoms with Gasteiger partial charge in [-0.2, -0.15) is 0 Å². The van der Waals surface area contributed by atoms with Crippen molar-refractivity contribution < 1.29 is 0 Å². The zero-order valence-electron chi connectivity index (χ0n) is 9.26. The fourth-order valence-electron chi connectivity index (χ4n) is 2.69. The summed E-state index contributed by atoms with van der Waals surface area (Å²) in [4.78, 5) is 2.57. The summed E-state index contributed by atoms with van der Waals surface area (Å²) >= 11 is 0. The van der Waals surface area contributed by atoms with Crippen LogP contribution in [-0.2, 0) is 0 Å². The highest BCUT2D eigenvalue weighted by molar-refractivity contribution is 5.00. The second-order valence-electron chi connectivity index (χ2n) is 4.76. The molecule has 80 valence electrons. The quantitative estimate of drug-likeness (QED) is 0.687. The average molecular weight is 194 g/mol. The van der Waals surface area contributed by atoms with Crippen LogP contribution in [0.3, 0.4) is 0 Å². The van der Waals surface area contributed by atoms with Gasteiger partial charge in [0.2, 0.25) is 0 Å². The third-order valence-corrected chi connectivity index (χ3v) is 3.62. The van der Waals surface area contributed by atoms with E-state index in [4.69, 9.17) is 0 Å². The second kappa shape index (κ2) is 4.45. The van der Waals surface area contributed by atoms with E-state index in [9.17, 15) is 0 Å². The number of hydrogen-bond donors (Lipinski definition) is 1. The van der Waals surface area contributed by atoms with Crippen LogP contribution in [0.2, 0.25) is 0 Å². The number of nitrogens with one attached hydrogen (secondary N) is 1. The van der Waals surface area contributed by atoms with Crippen LogP contribution in [0.4, 0.5) is 0 Å². The van der Waals surface area contributed by atoms with Gasteiger partial charge in [-0.25, -0.2) is 0 Å². The first-order valence-corrected chi connectivity index (χ1v) is 5.92. The maximum absolute atomic E-state index is 4.09. The summed E-state index contributed by atoms with van der Waals surface area (Å²) in [5.74, 6) is 0.911. The summed E-state index contributed by atoms with van der Waals surface area (Å²) in [6.07, 6.45) is 3.91. The molecule has 2 nitrogen and oxygen atoms in total. The summed E-state index contributed by atoms with van der Waals surface area (Å²) in [6.45, 7) is 11.2. The molecule has 0 spiro atoms. The van der Waals surface area contributed by atoms with Crippen molar-refractivity contribution in [3.8, 4) is 0 Å². The predicted octanol–water partition coefficient (Wildman–Crippen LogP) is 1.64. The smallest absolute Gasteiger partial charge is 0.0235 e. The van der Waals surface area contributed by atoms with Crippen molar-refractivity contribution in [2.24, 2.45) is 5.92 Å². The molecule has 2 aliphatic heterocycles. The monoisotopic (exact) mass is 194 g/mol. The van der Waals surface area contributed by atoms with Crippen molar-refractivity contribution in [1.82, 2.24) is 10.2 Å².